The van der Waals surface area contributed by atoms with Gasteiger partial charge in [0.25, 0.3) is 0 Å². The van der Waals surface area contributed by atoms with E-state index in [2.05, 4.69) is 21.4 Å². The summed E-state index contributed by atoms with van der Waals surface area (Å²) in [4.78, 5) is 23.0. The SMILES string of the molecule is CC1=NNC(=O)C1CCC(=O)NNC/C=C/c1ccco1. The predicted molar refractivity (Wildman–Crippen MR) is 77.9 cm³/mol. The maximum Gasteiger partial charge on any atom is 0.248 e. The third-order valence-corrected chi connectivity index (χ3v) is 3.10. The Morgan fingerprint density at radius 2 is 2.43 bits per heavy atom. The molecule has 7 nitrogen and oxygen atoms in total. The van der Waals surface area contributed by atoms with Crippen LogP contribution in [0.3, 0.4) is 0 Å². The number of carbonyl (C=O) groups excluding carboxylic acids is 2. The molecule has 3 N–H and O–H groups in total. The van der Waals surface area contributed by atoms with Crippen molar-refractivity contribution in [2.45, 2.75) is 19.8 Å². The van der Waals surface area contributed by atoms with Crippen molar-refractivity contribution in [3.63, 3.8) is 0 Å². The van der Waals surface area contributed by atoms with Crippen LogP contribution in [0.4, 0.5) is 0 Å². The Hall–Kier alpha value is -2.41. The summed E-state index contributed by atoms with van der Waals surface area (Å²) < 4.78 is 5.13. The van der Waals surface area contributed by atoms with Crippen molar-refractivity contribution in [3.05, 3.63) is 30.2 Å². The molecule has 0 saturated carbocycles. The first-order valence-corrected chi connectivity index (χ1v) is 6.72. The van der Waals surface area contributed by atoms with Crippen molar-refractivity contribution in [1.29, 1.82) is 0 Å². The molecule has 2 rings (SSSR count). The van der Waals surface area contributed by atoms with Gasteiger partial charge >= 0.3 is 0 Å². The summed E-state index contributed by atoms with van der Waals surface area (Å²) in [5, 5.41) is 3.84. The normalized spacial score (nSPS) is 17.9. The molecule has 1 unspecified atom stereocenters. The first kappa shape index (κ1) is 15.0. The van der Waals surface area contributed by atoms with E-state index in [-0.39, 0.29) is 24.2 Å². The summed E-state index contributed by atoms with van der Waals surface area (Å²) in [6.07, 6.45) is 5.96. The number of hydrogen-bond acceptors (Lipinski definition) is 5. The minimum atomic E-state index is -0.297. The molecule has 0 saturated heterocycles. The van der Waals surface area contributed by atoms with Crippen molar-refractivity contribution < 1.29 is 14.0 Å². The summed E-state index contributed by atoms with van der Waals surface area (Å²) in [7, 11) is 0. The highest BCUT2D eigenvalue weighted by Gasteiger charge is 2.26. The summed E-state index contributed by atoms with van der Waals surface area (Å²) in [5.41, 5.74) is 8.48. The zero-order valence-corrected chi connectivity index (χ0v) is 11.8. The van der Waals surface area contributed by atoms with Crippen LogP contribution in [0, 0.1) is 5.92 Å². The molecule has 0 fully saturated rings. The Bertz CT molecular complexity index is 549. The van der Waals surface area contributed by atoms with Crippen LogP contribution in [0.2, 0.25) is 0 Å². The second-order valence-corrected chi connectivity index (χ2v) is 4.67. The number of nitrogens with one attached hydrogen (secondary N) is 3. The van der Waals surface area contributed by atoms with E-state index >= 15 is 0 Å². The molecule has 0 spiro atoms. The topological polar surface area (TPSA) is 95.7 Å². The van der Waals surface area contributed by atoms with Crippen molar-refractivity contribution in [2.24, 2.45) is 11.0 Å². The highest BCUT2D eigenvalue weighted by Crippen LogP contribution is 2.13. The molecule has 0 aliphatic carbocycles. The Kier molecular flexibility index (Phi) is 5.28. The van der Waals surface area contributed by atoms with Gasteiger partial charge < -0.3 is 4.42 Å². The fourth-order valence-corrected chi connectivity index (χ4v) is 1.94. The van der Waals surface area contributed by atoms with Crippen LogP contribution < -0.4 is 16.3 Å². The molecule has 7 heteroatoms. The lowest BCUT2D eigenvalue weighted by molar-refractivity contribution is -0.123. The van der Waals surface area contributed by atoms with E-state index in [9.17, 15) is 9.59 Å². The van der Waals surface area contributed by atoms with E-state index in [0.29, 0.717) is 13.0 Å². The number of amides is 2. The summed E-state index contributed by atoms with van der Waals surface area (Å²) in [5.74, 6) is 0.156. The van der Waals surface area contributed by atoms with Gasteiger partial charge in [-0.15, -0.1) is 0 Å². The fraction of sp³-hybridized carbons (Fsp3) is 0.357. The Balaban J connectivity index is 1.60. The van der Waals surface area contributed by atoms with E-state index in [4.69, 9.17) is 4.42 Å². The summed E-state index contributed by atoms with van der Waals surface area (Å²) in [6, 6.07) is 3.64. The predicted octanol–water partition coefficient (Wildman–Crippen LogP) is 0.816. The first-order valence-electron chi connectivity index (χ1n) is 6.72. The van der Waals surface area contributed by atoms with Crippen molar-refractivity contribution >= 4 is 23.6 Å². The standard InChI is InChI=1S/C14H18N4O3/c1-10-12(14(20)18-16-10)6-7-13(19)17-15-8-2-4-11-5-3-9-21-11/h2-5,9,12,15H,6-8H2,1H3,(H,17,19)(H,18,20)/b4-2+. The number of carbonyl (C=O) groups is 2. The molecule has 1 aromatic heterocycles. The third-order valence-electron chi connectivity index (χ3n) is 3.10. The first-order chi connectivity index (χ1) is 10.2. The lowest BCUT2D eigenvalue weighted by atomic mass is 9.99. The van der Waals surface area contributed by atoms with E-state index in [1.54, 1.807) is 19.3 Å². The zero-order valence-electron chi connectivity index (χ0n) is 11.8. The molecule has 0 radical (unpaired) electrons. The lowest BCUT2D eigenvalue weighted by Gasteiger charge is -2.08. The minimum absolute atomic E-state index is 0.144. The van der Waals surface area contributed by atoms with Gasteiger partial charge in [-0.1, -0.05) is 6.08 Å². The van der Waals surface area contributed by atoms with E-state index in [0.717, 1.165) is 11.5 Å². The number of nitrogens with zero attached hydrogens (tertiary/aromatic N) is 1. The Morgan fingerprint density at radius 1 is 1.57 bits per heavy atom. The van der Waals surface area contributed by atoms with Gasteiger partial charge in [0, 0.05) is 18.7 Å². The highest BCUT2D eigenvalue weighted by atomic mass is 16.3. The maximum atomic E-state index is 11.6. The van der Waals surface area contributed by atoms with E-state index < -0.39 is 0 Å². The van der Waals surface area contributed by atoms with Crippen LogP contribution in [0.15, 0.2) is 34.0 Å². The molecule has 1 aromatic rings. The monoisotopic (exact) mass is 290 g/mol. The average molecular weight is 290 g/mol. The van der Waals surface area contributed by atoms with Gasteiger partial charge in [-0.2, -0.15) is 5.10 Å². The minimum Gasteiger partial charge on any atom is -0.465 e. The van der Waals surface area contributed by atoms with Crippen molar-refractivity contribution in [2.75, 3.05) is 6.54 Å². The van der Waals surface area contributed by atoms with Gasteiger partial charge in [-0.05, 0) is 31.6 Å². The molecule has 0 bridgehead atoms. The molecule has 2 amide bonds. The number of rotatable bonds is 7. The molecule has 1 aliphatic heterocycles. The lowest BCUT2D eigenvalue weighted by Crippen LogP contribution is -2.37. The highest BCUT2D eigenvalue weighted by molar-refractivity contribution is 6.07. The van der Waals surface area contributed by atoms with Gasteiger partial charge in [0.05, 0.1) is 12.2 Å². The molecule has 21 heavy (non-hydrogen) atoms. The molecule has 2 heterocycles. The van der Waals surface area contributed by atoms with E-state index in [1.165, 1.54) is 0 Å². The van der Waals surface area contributed by atoms with Crippen molar-refractivity contribution in [3.8, 4) is 0 Å². The quantitative estimate of drug-likeness (QED) is 0.511. The second-order valence-electron chi connectivity index (χ2n) is 4.67. The van der Waals surface area contributed by atoms with Crippen LogP contribution >= 0.6 is 0 Å². The summed E-state index contributed by atoms with van der Waals surface area (Å²) in [6.45, 7) is 2.26. The molecular weight excluding hydrogens is 272 g/mol. The van der Waals surface area contributed by atoms with Crippen LogP contribution in [0.1, 0.15) is 25.5 Å². The fourth-order valence-electron chi connectivity index (χ4n) is 1.94. The number of hydrazone groups is 1. The van der Waals surface area contributed by atoms with Gasteiger partial charge in [-0.3, -0.25) is 15.0 Å². The smallest absolute Gasteiger partial charge is 0.248 e. The third kappa shape index (κ3) is 4.57. The second kappa shape index (κ2) is 7.39. The van der Waals surface area contributed by atoms with Gasteiger partial charge in [-0.25, -0.2) is 10.9 Å². The largest absolute Gasteiger partial charge is 0.465 e. The maximum absolute atomic E-state index is 11.6. The van der Waals surface area contributed by atoms with Crippen LogP contribution in [0.25, 0.3) is 6.08 Å². The molecule has 1 atom stereocenters. The Morgan fingerprint density at radius 3 is 3.10 bits per heavy atom. The van der Waals surface area contributed by atoms with E-state index in [1.807, 2.05) is 18.2 Å². The van der Waals surface area contributed by atoms with Gasteiger partial charge in [0.1, 0.15) is 5.76 Å². The van der Waals surface area contributed by atoms with Gasteiger partial charge in [0.2, 0.25) is 11.8 Å². The molecule has 0 aromatic carbocycles. The number of hydrogen-bond donors (Lipinski definition) is 3. The average Bonchev–Trinajstić information content (AvgIpc) is 3.08. The molecule has 1 aliphatic rings. The Labute approximate surface area is 122 Å². The molecular formula is C14H18N4O3. The van der Waals surface area contributed by atoms with Crippen LogP contribution in [-0.4, -0.2) is 24.1 Å². The zero-order chi connectivity index (χ0) is 15.1. The van der Waals surface area contributed by atoms with Gasteiger partial charge in [0.15, 0.2) is 0 Å². The molecule has 112 valence electrons. The number of furan rings is 1. The van der Waals surface area contributed by atoms with Crippen LogP contribution in [0.5, 0.6) is 0 Å². The van der Waals surface area contributed by atoms with Crippen LogP contribution in [-0.2, 0) is 9.59 Å². The summed E-state index contributed by atoms with van der Waals surface area (Å²) >= 11 is 0. The number of hydrazine groups is 1. The van der Waals surface area contributed by atoms with Crippen molar-refractivity contribution in [1.82, 2.24) is 16.3 Å².